The van der Waals surface area contributed by atoms with Crippen molar-refractivity contribution in [1.29, 1.82) is 0 Å². The van der Waals surface area contributed by atoms with Gasteiger partial charge in [0.2, 0.25) is 0 Å². The molecule has 6 heteroatoms. The minimum absolute atomic E-state index is 0.150. The van der Waals surface area contributed by atoms with Gasteiger partial charge >= 0.3 is 0 Å². The van der Waals surface area contributed by atoms with Gasteiger partial charge in [0.15, 0.2) is 17.4 Å². The van der Waals surface area contributed by atoms with Gasteiger partial charge in [0.25, 0.3) is 0 Å². The van der Waals surface area contributed by atoms with Crippen LogP contribution >= 0.6 is 31.9 Å². The Morgan fingerprint density at radius 1 is 1.05 bits per heavy atom. The van der Waals surface area contributed by atoms with E-state index in [0.29, 0.717) is 4.47 Å². The first-order valence-electron chi connectivity index (χ1n) is 5.23. The molecule has 0 saturated carbocycles. The van der Waals surface area contributed by atoms with Crippen molar-refractivity contribution in [2.75, 3.05) is 0 Å². The van der Waals surface area contributed by atoms with Crippen LogP contribution < -0.4 is 4.74 Å². The zero-order valence-electron chi connectivity index (χ0n) is 9.46. The standard InChI is InChI=1S/C13H8Br2F2O2/c14-8-1-2-12(9(15)5-8)19-13-10(16)3-7(6-18)4-11(13)17/h1-5,18H,6H2. The van der Waals surface area contributed by atoms with Gasteiger partial charge in [-0.15, -0.1) is 0 Å². The molecule has 0 heterocycles. The second kappa shape index (κ2) is 5.98. The summed E-state index contributed by atoms with van der Waals surface area (Å²) >= 11 is 6.51. The van der Waals surface area contributed by atoms with Gasteiger partial charge in [-0.3, -0.25) is 0 Å². The smallest absolute Gasteiger partial charge is 0.198 e. The van der Waals surface area contributed by atoms with Crippen molar-refractivity contribution in [3.8, 4) is 11.5 Å². The lowest BCUT2D eigenvalue weighted by Gasteiger charge is -2.10. The number of aliphatic hydroxyl groups is 1. The Morgan fingerprint density at radius 2 is 1.68 bits per heavy atom. The molecule has 0 bridgehead atoms. The summed E-state index contributed by atoms with van der Waals surface area (Å²) in [6.07, 6.45) is 0. The lowest BCUT2D eigenvalue weighted by Crippen LogP contribution is -1.96. The predicted molar refractivity (Wildman–Crippen MR) is 74.2 cm³/mol. The highest BCUT2D eigenvalue weighted by Gasteiger charge is 2.15. The van der Waals surface area contributed by atoms with Crippen LogP contribution in [0.1, 0.15) is 5.56 Å². The summed E-state index contributed by atoms with van der Waals surface area (Å²) in [5.41, 5.74) is 0.150. The van der Waals surface area contributed by atoms with Crippen LogP contribution in [-0.2, 0) is 6.61 Å². The van der Waals surface area contributed by atoms with Gasteiger partial charge in [-0.25, -0.2) is 8.78 Å². The van der Waals surface area contributed by atoms with E-state index in [-0.39, 0.29) is 11.3 Å². The SMILES string of the molecule is OCc1cc(F)c(Oc2ccc(Br)cc2Br)c(F)c1. The molecule has 0 amide bonds. The fraction of sp³-hybridized carbons (Fsp3) is 0.0769. The van der Waals surface area contributed by atoms with Crippen molar-refractivity contribution in [3.63, 3.8) is 0 Å². The van der Waals surface area contributed by atoms with E-state index in [9.17, 15) is 8.78 Å². The molecule has 0 aromatic heterocycles. The van der Waals surface area contributed by atoms with E-state index in [1.54, 1.807) is 18.2 Å². The van der Waals surface area contributed by atoms with E-state index < -0.39 is 24.0 Å². The average Bonchev–Trinajstić information content (AvgIpc) is 2.35. The molecule has 0 aliphatic rings. The molecule has 1 N–H and O–H groups in total. The van der Waals surface area contributed by atoms with E-state index in [4.69, 9.17) is 9.84 Å². The van der Waals surface area contributed by atoms with Crippen LogP contribution in [0, 0.1) is 11.6 Å². The van der Waals surface area contributed by atoms with Crippen LogP contribution in [0.25, 0.3) is 0 Å². The second-order valence-corrected chi connectivity index (χ2v) is 5.49. The van der Waals surface area contributed by atoms with Gasteiger partial charge in [0, 0.05) is 4.47 Å². The van der Waals surface area contributed by atoms with E-state index in [2.05, 4.69) is 31.9 Å². The number of benzene rings is 2. The molecule has 2 rings (SSSR count). The van der Waals surface area contributed by atoms with Crippen molar-refractivity contribution in [2.24, 2.45) is 0 Å². The number of hydrogen-bond donors (Lipinski definition) is 1. The summed E-state index contributed by atoms with van der Waals surface area (Å²) in [6.45, 7) is -0.434. The Kier molecular flexibility index (Phi) is 4.54. The largest absolute Gasteiger partial charge is 0.450 e. The molecule has 2 nitrogen and oxygen atoms in total. The molecule has 0 aliphatic heterocycles. The number of aliphatic hydroxyl groups excluding tert-OH is 1. The highest BCUT2D eigenvalue weighted by molar-refractivity contribution is 9.11. The van der Waals surface area contributed by atoms with Crippen LogP contribution in [0.4, 0.5) is 8.78 Å². The minimum Gasteiger partial charge on any atom is -0.450 e. The van der Waals surface area contributed by atoms with Crippen LogP contribution in [0.5, 0.6) is 11.5 Å². The minimum atomic E-state index is -0.862. The number of halogens is 4. The highest BCUT2D eigenvalue weighted by Crippen LogP contribution is 2.34. The Bertz CT molecular complexity index is 595. The Labute approximate surface area is 125 Å². The van der Waals surface area contributed by atoms with Gasteiger partial charge in [-0.05, 0) is 51.8 Å². The van der Waals surface area contributed by atoms with Gasteiger partial charge in [0.05, 0.1) is 11.1 Å². The van der Waals surface area contributed by atoms with E-state index in [1.165, 1.54) is 0 Å². The highest BCUT2D eigenvalue weighted by atomic mass is 79.9. The molecule has 2 aromatic rings. The lowest BCUT2D eigenvalue weighted by molar-refractivity contribution is 0.279. The van der Waals surface area contributed by atoms with Crippen LogP contribution in [0.15, 0.2) is 39.3 Å². The molecule has 100 valence electrons. The quantitative estimate of drug-likeness (QED) is 0.813. The lowest BCUT2D eigenvalue weighted by atomic mass is 10.2. The van der Waals surface area contributed by atoms with Crippen molar-refractivity contribution >= 4 is 31.9 Å². The van der Waals surface area contributed by atoms with E-state index in [0.717, 1.165) is 16.6 Å². The topological polar surface area (TPSA) is 29.5 Å². The summed E-state index contributed by atoms with van der Waals surface area (Å²) < 4.78 is 34.0. The maximum absolute atomic E-state index is 13.7. The maximum Gasteiger partial charge on any atom is 0.198 e. The molecule has 0 fully saturated rings. The fourth-order valence-corrected chi connectivity index (χ4v) is 2.60. The summed E-state index contributed by atoms with van der Waals surface area (Å²) in [7, 11) is 0. The molecule has 0 atom stereocenters. The zero-order valence-corrected chi connectivity index (χ0v) is 12.6. The fourth-order valence-electron chi connectivity index (χ4n) is 1.47. The normalized spacial score (nSPS) is 10.6. The Hall–Kier alpha value is -0.980. The number of ether oxygens (including phenoxy) is 1. The molecule has 0 unspecified atom stereocenters. The Balaban J connectivity index is 2.38. The van der Waals surface area contributed by atoms with Crippen molar-refractivity contribution in [3.05, 3.63) is 56.5 Å². The van der Waals surface area contributed by atoms with Gasteiger partial charge in [-0.2, -0.15) is 0 Å². The molecule has 0 spiro atoms. The van der Waals surface area contributed by atoms with Gasteiger partial charge in [0.1, 0.15) is 5.75 Å². The molecule has 19 heavy (non-hydrogen) atoms. The number of hydrogen-bond acceptors (Lipinski definition) is 2. The zero-order chi connectivity index (χ0) is 14.0. The van der Waals surface area contributed by atoms with E-state index >= 15 is 0 Å². The predicted octanol–water partition coefficient (Wildman–Crippen LogP) is 4.77. The van der Waals surface area contributed by atoms with Crippen LogP contribution in [-0.4, -0.2) is 5.11 Å². The molecule has 0 radical (unpaired) electrons. The van der Waals surface area contributed by atoms with E-state index in [1.807, 2.05) is 0 Å². The third kappa shape index (κ3) is 3.32. The third-order valence-electron chi connectivity index (χ3n) is 2.35. The van der Waals surface area contributed by atoms with Crippen LogP contribution in [0.3, 0.4) is 0 Å². The van der Waals surface area contributed by atoms with Crippen molar-refractivity contribution in [2.45, 2.75) is 6.61 Å². The molecular formula is C13H8Br2F2O2. The second-order valence-electron chi connectivity index (χ2n) is 3.72. The van der Waals surface area contributed by atoms with Crippen molar-refractivity contribution in [1.82, 2.24) is 0 Å². The van der Waals surface area contributed by atoms with Crippen molar-refractivity contribution < 1.29 is 18.6 Å². The maximum atomic E-state index is 13.7. The summed E-state index contributed by atoms with van der Waals surface area (Å²) in [5, 5.41) is 8.85. The average molecular weight is 394 g/mol. The van der Waals surface area contributed by atoms with Gasteiger partial charge < -0.3 is 9.84 Å². The monoisotopic (exact) mass is 392 g/mol. The van der Waals surface area contributed by atoms with Crippen LogP contribution in [0.2, 0.25) is 0 Å². The molecule has 2 aromatic carbocycles. The Morgan fingerprint density at radius 3 is 2.21 bits per heavy atom. The first-order valence-corrected chi connectivity index (χ1v) is 6.81. The summed E-state index contributed by atoms with van der Waals surface area (Å²) in [5.74, 6) is -1.93. The first-order chi connectivity index (χ1) is 9.01. The molecule has 0 aliphatic carbocycles. The molecular weight excluding hydrogens is 386 g/mol. The first kappa shape index (κ1) is 14.4. The third-order valence-corrected chi connectivity index (χ3v) is 3.46. The number of rotatable bonds is 3. The summed E-state index contributed by atoms with van der Waals surface area (Å²) in [4.78, 5) is 0. The summed E-state index contributed by atoms with van der Waals surface area (Å²) in [6, 6.07) is 7.04. The van der Waals surface area contributed by atoms with Gasteiger partial charge in [-0.1, -0.05) is 15.9 Å². The molecule has 0 saturated heterocycles.